The molecule has 1 aromatic carbocycles. The first kappa shape index (κ1) is 28.9. The van der Waals surface area contributed by atoms with Gasteiger partial charge in [0, 0.05) is 6.42 Å². The van der Waals surface area contributed by atoms with Gasteiger partial charge in [-0.3, -0.25) is 0 Å². The highest BCUT2D eigenvalue weighted by atomic mass is 29.9. The summed E-state index contributed by atoms with van der Waals surface area (Å²) in [4.78, 5) is 0. The number of hydrogen-bond donors (Lipinski definition) is 1. The van der Waals surface area contributed by atoms with Gasteiger partial charge in [0.05, 0.1) is 28.9 Å². The fraction of sp³-hybridized carbons (Fsp3) is 0.692. The van der Waals surface area contributed by atoms with Crippen LogP contribution in [0.1, 0.15) is 44.1 Å². The summed E-state index contributed by atoms with van der Waals surface area (Å²) in [5.41, 5.74) is -0.501. The van der Waals surface area contributed by atoms with Gasteiger partial charge in [0.15, 0.2) is 6.87 Å². The second-order valence-corrected chi connectivity index (χ2v) is 52.8. The lowest BCUT2D eigenvalue weighted by Crippen LogP contribution is -2.85. The maximum atomic E-state index is 13.6. The molecular weight excluding hydrogens is 476 g/mol. The van der Waals surface area contributed by atoms with Crippen molar-refractivity contribution in [3.05, 3.63) is 48.3 Å². The summed E-state index contributed by atoms with van der Waals surface area (Å²) in [6, 6.07) is 6.28. The van der Waals surface area contributed by atoms with Crippen LogP contribution in [0.3, 0.4) is 0 Å². The zero-order valence-electron chi connectivity index (χ0n) is 22.7. The van der Waals surface area contributed by atoms with Gasteiger partial charge in [0.1, 0.15) is 11.4 Å². The first-order valence-corrected chi connectivity index (χ1v) is 28.2. The lowest BCUT2D eigenvalue weighted by Gasteiger charge is -2.58. The van der Waals surface area contributed by atoms with Crippen LogP contribution in [-0.4, -0.2) is 40.9 Å². The van der Waals surface area contributed by atoms with Gasteiger partial charge in [-0.05, 0) is 36.5 Å². The SMILES string of the molecule is C=C[C@](O)(C[C@@H](O[Si]([Si](C)(C)C)([Si](C)(C)C)[Si](C)(C)C)C1CCCCC1)c1ccc(F)cc1. The molecule has 0 aliphatic heterocycles. The third-order valence-corrected chi connectivity index (χ3v) is 75.4. The van der Waals surface area contributed by atoms with E-state index in [1.165, 1.54) is 44.2 Å². The smallest absolute Gasteiger partial charge is 0.158 e. The third-order valence-electron chi connectivity index (χ3n) is 7.87. The van der Waals surface area contributed by atoms with Crippen molar-refractivity contribution in [3.63, 3.8) is 0 Å². The lowest BCUT2D eigenvalue weighted by molar-refractivity contribution is 0.00381. The second-order valence-electron chi connectivity index (χ2n) is 13.3. The van der Waals surface area contributed by atoms with E-state index in [1.54, 1.807) is 18.2 Å². The maximum absolute atomic E-state index is 13.6. The number of rotatable bonds is 10. The molecule has 1 aliphatic carbocycles. The van der Waals surface area contributed by atoms with Crippen molar-refractivity contribution in [2.24, 2.45) is 5.92 Å². The van der Waals surface area contributed by atoms with Crippen molar-refractivity contribution in [2.75, 3.05) is 0 Å². The predicted molar refractivity (Wildman–Crippen MR) is 152 cm³/mol. The molecule has 0 aromatic heterocycles. The second kappa shape index (κ2) is 10.3. The first-order valence-electron chi connectivity index (χ1n) is 12.8. The summed E-state index contributed by atoms with van der Waals surface area (Å²) in [5.74, 6) is 0.189. The molecule has 1 aliphatic rings. The molecular formula is C26H49FO2Si4. The van der Waals surface area contributed by atoms with Gasteiger partial charge < -0.3 is 9.53 Å². The van der Waals surface area contributed by atoms with Crippen molar-refractivity contribution >= 4 is 29.6 Å². The molecule has 0 bridgehead atoms. The zero-order chi connectivity index (χ0) is 25.3. The number of aliphatic hydroxyl groups is 1. The van der Waals surface area contributed by atoms with Crippen LogP contribution in [0.4, 0.5) is 4.39 Å². The molecule has 1 saturated carbocycles. The number of benzene rings is 1. The molecule has 188 valence electrons. The summed E-state index contributed by atoms with van der Waals surface area (Å²) < 4.78 is 21.4. The van der Waals surface area contributed by atoms with Crippen LogP contribution in [-0.2, 0) is 10.0 Å². The molecule has 0 saturated heterocycles. The monoisotopic (exact) mass is 524 g/mol. The average Bonchev–Trinajstić information content (AvgIpc) is 2.69. The molecule has 2 nitrogen and oxygen atoms in total. The summed E-state index contributed by atoms with van der Waals surface area (Å²) in [5, 5.41) is 11.8. The Morgan fingerprint density at radius 3 is 1.79 bits per heavy atom. The Hall–Kier alpha value is -0.322. The highest BCUT2D eigenvalue weighted by Crippen LogP contribution is 2.44. The van der Waals surface area contributed by atoms with Gasteiger partial charge in [0.2, 0.25) is 0 Å². The highest BCUT2D eigenvalue weighted by Gasteiger charge is 2.65. The molecule has 0 radical (unpaired) electrons. The van der Waals surface area contributed by atoms with Crippen molar-refractivity contribution in [1.82, 2.24) is 0 Å². The maximum Gasteiger partial charge on any atom is 0.158 e. The summed E-state index contributed by atoms with van der Waals surface area (Å²) in [7, 11) is -4.87. The Bertz CT molecular complexity index is 750. The van der Waals surface area contributed by atoms with Gasteiger partial charge in [-0.1, -0.05) is 103 Å². The summed E-state index contributed by atoms with van der Waals surface area (Å²) in [6.07, 6.45) is 8.33. The van der Waals surface area contributed by atoms with E-state index in [0.29, 0.717) is 17.9 Å². The van der Waals surface area contributed by atoms with Crippen molar-refractivity contribution in [2.45, 2.75) is 109 Å². The minimum atomic E-state index is -2.06. The quantitative estimate of drug-likeness (QED) is 0.250. The van der Waals surface area contributed by atoms with Crippen molar-refractivity contribution in [3.8, 4) is 0 Å². The number of hydrogen-bond acceptors (Lipinski definition) is 2. The standard InChI is InChI=1S/C26H49FO2Si4/c1-11-26(28,23-17-19-24(27)20-18-23)21-25(22-15-13-12-14-16-22)29-33(30(2,3)4,31(5,6)7)32(8,9)10/h11,17-20,22,25,28H,1,12-16,21H2,2-10H3/t25-,26+/m1/s1. The Balaban J connectivity index is 2.60. The fourth-order valence-corrected chi connectivity index (χ4v) is 101. The topological polar surface area (TPSA) is 29.5 Å². The van der Waals surface area contributed by atoms with Crippen LogP contribution in [0.15, 0.2) is 36.9 Å². The molecule has 0 heterocycles. The van der Waals surface area contributed by atoms with E-state index in [1.807, 2.05) is 0 Å². The zero-order valence-corrected chi connectivity index (χ0v) is 26.7. The van der Waals surface area contributed by atoms with Gasteiger partial charge >= 0.3 is 0 Å². The molecule has 0 amide bonds. The Kier molecular flexibility index (Phi) is 9.06. The highest BCUT2D eigenvalue weighted by molar-refractivity contribution is 7.87. The van der Waals surface area contributed by atoms with Crippen LogP contribution < -0.4 is 0 Å². The van der Waals surface area contributed by atoms with E-state index in [4.69, 9.17) is 4.43 Å². The number of halogens is 1. The van der Waals surface area contributed by atoms with Crippen molar-refractivity contribution in [1.29, 1.82) is 0 Å². The van der Waals surface area contributed by atoms with Crippen LogP contribution in [0.5, 0.6) is 0 Å². The van der Waals surface area contributed by atoms with E-state index in [9.17, 15) is 9.50 Å². The van der Waals surface area contributed by atoms with E-state index in [-0.39, 0.29) is 11.9 Å². The van der Waals surface area contributed by atoms with Crippen molar-refractivity contribution < 1.29 is 13.9 Å². The Morgan fingerprint density at radius 1 is 0.939 bits per heavy atom. The summed E-state index contributed by atoms with van der Waals surface area (Å²) >= 11 is 0. The molecule has 0 unspecified atom stereocenters. The van der Waals surface area contributed by atoms with Crippen LogP contribution in [0.2, 0.25) is 58.9 Å². The molecule has 2 rings (SSSR count). The first-order chi connectivity index (χ1) is 15.0. The third kappa shape index (κ3) is 6.09. The van der Waals surface area contributed by atoms with E-state index in [0.717, 1.165) is 0 Å². The van der Waals surface area contributed by atoms with Gasteiger partial charge in [-0.15, -0.1) is 0 Å². The van der Waals surface area contributed by atoms with Crippen LogP contribution in [0, 0.1) is 11.7 Å². The van der Waals surface area contributed by atoms with Gasteiger partial charge in [0.25, 0.3) is 0 Å². The van der Waals surface area contributed by atoms with Crippen LogP contribution in [0.25, 0.3) is 0 Å². The predicted octanol–water partition coefficient (Wildman–Crippen LogP) is 7.75. The minimum absolute atomic E-state index is 0.0233. The van der Waals surface area contributed by atoms with Gasteiger partial charge in [-0.25, -0.2) is 4.39 Å². The summed E-state index contributed by atoms with van der Waals surface area (Å²) in [6.45, 7) is 24.9. The Morgan fingerprint density at radius 2 is 1.39 bits per heavy atom. The average molecular weight is 525 g/mol. The molecule has 33 heavy (non-hydrogen) atoms. The molecule has 2 atom stereocenters. The lowest BCUT2D eigenvalue weighted by atomic mass is 9.79. The molecule has 7 heteroatoms. The fourth-order valence-electron chi connectivity index (χ4n) is 7.31. The Labute approximate surface area is 206 Å². The molecule has 1 fully saturated rings. The van der Waals surface area contributed by atoms with E-state index in [2.05, 4.69) is 65.5 Å². The minimum Gasteiger partial charge on any atom is -0.423 e. The van der Waals surface area contributed by atoms with Gasteiger partial charge in [-0.2, -0.15) is 0 Å². The molecule has 0 spiro atoms. The molecule has 1 N–H and O–H groups in total. The largest absolute Gasteiger partial charge is 0.423 e. The van der Waals surface area contributed by atoms with E-state index >= 15 is 0 Å². The molecule has 1 aromatic rings. The van der Waals surface area contributed by atoms with Crippen LogP contribution >= 0.6 is 0 Å². The normalized spacial score (nSPS) is 19.7. The van der Waals surface area contributed by atoms with E-state index < -0.39 is 35.2 Å².